The van der Waals surface area contributed by atoms with E-state index in [1.165, 1.54) is 16.7 Å². The lowest BCUT2D eigenvalue weighted by molar-refractivity contribution is -0.304. The van der Waals surface area contributed by atoms with E-state index in [9.17, 15) is 14.7 Å². The Morgan fingerprint density at radius 3 is 2.56 bits per heavy atom. The second-order valence-corrected chi connectivity index (χ2v) is 5.92. The molecule has 92 valence electrons. The van der Waals surface area contributed by atoms with Gasteiger partial charge in [0, 0.05) is 18.8 Å². The van der Waals surface area contributed by atoms with Gasteiger partial charge in [-0.15, -0.1) is 11.8 Å². The molecule has 0 aromatic carbocycles. The highest BCUT2D eigenvalue weighted by Crippen LogP contribution is 2.20. The van der Waals surface area contributed by atoms with Gasteiger partial charge < -0.3 is 19.5 Å². The van der Waals surface area contributed by atoms with Crippen molar-refractivity contribution in [3.63, 3.8) is 0 Å². The fourth-order valence-electron chi connectivity index (χ4n) is 1.28. The van der Waals surface area contributed by atoms with Crippen LogP contribution in [0.5, 0.6) is 0 Å². The van der Waals surface area contributed by atoms with Gasteiger partial charge in [0.05, 0.1) is 11.2 Å². The van der Waals surface area contributed by atoms with Gasteiger partial charge >= 0.3 is 6.09 Å². The molecule has 0 saturated carbocycles. The summed E-state index contributed by atoms with van der Waals surface area (Å²) in [6, 6.07) is 0. The fourth-order valence-corrected chi connectivity index (χ4v) is 2.32. The van der Waals surface area contributed by atoms with Gasteiger partial charge in [-0.2, -0.15) is 0 Å². The molecule has 1 aliphatic heterocycles. The number of carbonyl (C=O) groups is 2. The molecule has 0 aromatic heterocycles. The lowest BCUT2D eigenvalue weighted by Gasteiger charge is -2.34. The molecule has 6 heteroatoms. The first-order valence-electron chi connectivity index (χ1n) is 5.10. The Morgan fingerprint density at radius 2 is 2.06 bits per heavy atom. The van der Waals surface area contributed by atoms with Crippen LogP contribution in [0.25, 0.3) is 0 Å². The molecule has 16 heavy (non-hydrogen) atoms. The molecule has 1 aliphatic rings. The van der Waals surface area contributed by atoms with E-state index < -0.39 is 22.9 Å². The molecular formula is C10H16NO4S-. The Hall–Kier alpha value is -0.910. The van der Waals surface area contributed by atoms with E-state index in [2.05, 4.69) is 0 Å². The maximum absolute atomic E-state index is 11.7. The Bertz CT molecular complexity index is 287. The number of thioether (sulfide) groups is 1. The van der Waals surface area contributed by atoms with E-state index in [1.807, 2.05) is 0 Å². The topological polar surface area (TPSA) is 69.7 Å². The van der Waals surface area contributed by atoms with Gasteiger partial charge in [0.2, 0.25) is 0 Å². The van der Waals surface area contributed by atoms with Gasteiger partial charge in [-0.25, -0.2) is 4.79 Å². The number of rotatable bonds is 1. The molecule has 1 heterocycles. The highest BCUT2D eigenvalue weighted by Gasteiger charge is 2.28. The average molecular weight is 246 g/mol. The maximum Gasteiger partial charge on any atom is 0.410 e. The van der Waals surface area contributed by atoms with Crippen molar-refractivity contribution in [3.8, 4) is 0 Å². The molecule has 0 N–H and O–H groups in total. The number of carboxylic acid groups (broad SMARTS) is 1. The summed E-state index contributed by atoms with van der Waals surface area (Å²) in [5.74, 6) is -0.531. The smallest absolute Gasteiger partial charge is 0.410 e. The average Bonchev–Trinajstić information content (AvgIpc) is 2.15. The minimum atomic E-state index is -1.13. The maximum atomic E-state index is 11.7. The summed E-state index contributed by atoms with van der Waals surface area (Å²) in [6.07, 6.45) is -0.459. The third-order valence-electron chi connectivity index (χ3n) is 1.98. The van der Waals surface area contributed by atoms with Gasteiger partial charge in [-0.05, 0) is 20.8 Å². The molecule has 0 radical (unpaired) electrons. The van der Waals surface area contributed by atoms with Crippen LogP contribution in [0.15, 0.2) is 0 Å². The highest BCUT2D eigenvalue weighted by molar-refractivity contribution is 8.00. The molecule has 1 fully saturated rings. The number of carbonyl (C=O) groups excluding carboxylic acids is 2. The Morgan fingerprint density at radius 1 is 1.44 bits per heavy atom. The summed E-state index contributed by atoms with van der Waals surface area (Å²) in [5.41, 5.74) is -0.557. The molecule has 0 aliphatic carbocycles. The second-order valence-electron chi connectivity index (χ2n) is 4.60. The van der Waals surface area contributed by atoms with Gasteiger partial charge in [-0.3, -0.25) is 0 Å². The zero-order chi connectivity index (χ0) is 12.3. The van der Waals surface area contributed by atoms with Gasteiger partial charge in [-0.1, -0.05) is 0 Å². The summed E-state index contributed by atoms with van der Waals surface area (Å²) < 4.78 is 5.17. The van der Waals surface area contributed by atoms with E-state index in [1.54, 1.807) is 20.8 Å². The number of aliphatic carboxylic acids is 1. The number of hydrogen-bond acceptors (Lipinski definition) is 5. The van der Waals surface area contributed by atoms with Crippen molar-refractivity contribution in [3.05, 3.63) is 0 Å². The zero-order valence-corrected chi connectivity index (χ0v) is 10.5. The second kappa shape index (κ2) is 4.95. The van der Waals surface area contributed by atoms with E-state index in [0.717, 1.165) is 0 Å². The number of ether oxygens (including phenoxy) is 1. The fraction of sp³-hybridized carbons (Fsp3) is 0.800. The van der Waals surface area contributed by atoms with Crippen LogP contribution in [0.2, 0.25) is 0 Å². The highest BCUT2D eigenvalue weighted by atomic mass is 32.2. The standard InChI is InChI=1S/C10H17NO4S/c1-10(2,3)15-9(14)11-4-5-16-7(6-11)8(12)13/h7H,4-6H2,1-3H3,(H,12,13)/p-1/t7-/m0/s1. The normalized spacial score (nSPS) is 21.7. The predicted molar refractivity (Wildman–Crippen MR) is 59.1 cm³/mol. The Labute approximate surface area is 99.1 Å². The molecular weight excluding hydrogens is 230 g/mol. The van der Waals surface area contributed by atoms with Crippen LogP contribution in [-0.2, 0) is 9.53 Å². The number of carboxylic acids is 1. The largest absolute Gasteiger partial charge is 0.549 e. The minimum Gasteiger partial charge on any atom is -0.549 e. The van der Waals surface area contributed by atoms with Crippen LogP contribution >= 0.6 is 11.8 Å². The number of hydrogen-bond donors (Lipinski definition) is 0. The molecule has 0 unspecified atom stereocenters. The first kappa shape index (κ1) is 13.2. The Kier molecular flexibility index (Phi) is 4.07. The molecule has 1 atom stereocenters. The van der Waals surface area contributed by atoms with Crippen molar-refractivity contribution in [2.24, 2.45) is 0 Å². The zero-order valence-electron chi connectivity index (χ0n) is 9.69. The van der Waals surface area contributed by atoms with Crippen molar-refractivity contribution >= 4 is 23.8 Å². The van der Waals surface area contributed by atoms with Crippen LogP contribution in [0.1, 0.15) is 20.8 Å². The van der Waals surface area contributed by atoms with E-state index in [4.69, 9.17) is 4.74 Å². The first-order valence-corrected chi connectivity index (χ1v) is 6.15. The van der Waals surface area contributed by atoms with Crippen molar-refractivity contribution in [2.45, 2.75) is 31.6 Å². The molecule has 0 bridgehead atoms. The first-order chi connectivity index (χ1) is 7.29. The number of amides is 1. The summed E-state index contributed by atoms with van der Waals surface area (Å²) >= 11 is 1.30. The molecule has 5 nitrogen and oxygen atoms in total. The third-order valence-corrected chi connectivity index (χ3v) is 3.14. The third kappa shape index (κ3) is 3.92. The van der Waals surface area contributed by atoms with Gasteiger partial charge in [0.1, 0.15) is 5.60 Å². The van der Waals surface area contributed by atoms with Crippen LogP contribution in [0, 0.1) is 0 Å². The molecule has 1 saturated heterocycles. The lowest BCUT2D eigenvalue weighted by Crippen LogP contribution is -2.49. The summed E-state index contributed by atoms with van der Waals surface area (Å²) in [4.78, 5) is 23.8. The number of nitrogens with zero attached hydrogens (tertiary/aromatic N) is 1. The molecule has 1 amide bonds. The van der Waals surface area contributed by atoms with Gasteiger partial charge in [0.25, 0.3) is 0 Å². The predicted octanol–water partition coefficient (Wildman–Crippen LogP) is 0.0888. The summed E-state index contributed by atoms with van der Waals surface area (Å²) in [6.45, 7) is 6.00. The van der Waals surface area contributed by atoms with Crippen molar-refractivity contribution in [1.29, 1.82) is 0 Å². The molecule has 0 aromatic rings. The van der Waals surface area contributed by atoms with Crippen LogP contribution < -0.4 is 5.11 Å². The van der Waals surface area contributed by atoms with Crippen molar-refractivity contribution < 1.29 is 19.4 Å². The van der Waals surface area contributed by atoms with Crippen LogP contribution in [0.3, 0.4) is 0 Å². The SMILES string of the molecule is CC(C)(C)OC(=O)N1CCS[C@H](C(=O)[O-])C1. The van der Waals surface area contributed by atoms with Crippen LogP contribution in [-0.4, -0.2) is 46.7 Å². The Balaban J connectivity index is 2.54. The van der Waals surface area contributed by atoms with E-state index in [0.29, 0.717) is 12.3 Å². The lowest BCUT2D eigenvalue weighted by atomic mass is 10.2. The summed E-state index contributed by atoms with van der Waals surface area (Å²) in [7, 11) is 0. The monoisotopic (exact) mass is 246 g/mol. The summed E-state index contributed by atoms with van der Waals surface area (Å²) in [5, 5.41) is 10.0. The minimum absolute atomic E-state index is 0.155. The van der Waals surface area contributed by atoms with Crippen molar-refractivity contribution in [2.75, 3.05) is 18.8 Å². The van der Waals surface area contributed by atoms with Crippen LogP contribution in [0.4, 0.5) is 4.79 Å². The van der Waals surface area contributed by atoms with E-state index in [-0.39, 0.29) is 6.54 Å². The quantitative estimate of drug-likeness (QED) is 0.655. The molecule has 0 spiro atoms. The van der Waals surface area contributed by atoms with E-state index >= 15 is 0 Å². The van der Waals surface area contributed by atoms with Crippen molar-refractivity contribution in [1.82, 2.24) is 4.90 Å². The molecule has 1 rings (SSSR count). The van der Waals surface area contributed by atoms with Gasteiger partial charge in [0.15, 0.2) is 0 Å².